The number of carbonyl (C=O) groups is 1. The summed E-state index contributed by atoms with van der Waals surface area (Å²) >= 11 is 1.36. The largest absolute Gasteiger partial charge is 0.497 e. The molecule has 178 valence electrons. The number of hydrogen-bond acceptors (Lipinski definition) is 8. The van der Waals surface area contributed by atoms with Crippen LogP contribution >= 0.6 is 11.3 Å². The third-order valence-electron chi connectivity index (χ3n) is 5.16. The quantitative estimate of drug-likeness (QED) is 0.430. The Bertz CT molecular complexity index is 1220. The number of sulfone groups is 1. The fraction of sp³-hybridized carbons (Fsp3) is 0.391. The second-order valence-electron chi connectivity index (χ2n) is 7.90. The number of aromatic nitrogens is 1. The van der Waals surface area contributed by atoms with Crippen LogP contribution in [-0.4, -0.2) is 71.4 Å². The fourth-order valence-corrected chi connectivity index (χ4v) is 5.65. The number of aryl methyl sites for hydroxylation is 1. The summed E-state index contributed by atoms with van der Waals surface area (Å²) in [6.07, 6.45) is 0.674. The zero-order valence-electron chi connectivity index (χ0n) is 19.5. The van der Waals surface area contributed by atoms with E-state index in [4.69, 9.17) is 9.47 Å². The van der Waals surface area contributed by atoms with Crippen molar-refractivity contribution in [2.45, 2.75) is 18.2 Å². The number of ether oxygens (including phenoxy) is 2. The van der Waals surface area contributed by atoms with E-state index in [-0.39, 0.29) is 4.90 Å². The molecule has 0 spiro atoms. The number of hydrogen-bond donors (Lipinski definition) is 0. The fourth-order valence-electron chi connectivity index (χ4n) is 3.36. The average Bonchev–Trinajstić information content (AvgIpc) is 3.22. The van der Waals surface area contributed by atoms with Crippen LogP contribution in [0.3, 0.4) is 0 Å². The van der Waals surface area contributed by atoms with Crippen LogP contribution in [-0.2, 0) is 14.6 Å². The third kappa shape index (κ3) is 5.82. The van der Waals surface area contributed by atoms with Gasteiger partial charge in [0.05, 0.1) is 23.8 Å². The molecule has 1 heterocycles. The SMILES string of the molecule is COc1ccc(S(=O)(=O)CC(=O)N(CCCN(C)C)c2nc3c(OC)ccc(C)c3s2)cc1. The van der Waals surface area contributed by atoms with E-state index in [0.29, 0.717) is 35.1 Å². The lowest BCUT2D eigenvalue weighted by atomic mass is 10.2. The molecule has 0 bridgehead atoms. The molecule has 0 atom stereocenters. The van der Waals surface area contributed by atoms with Crippen LogP contribution in [0.2, 0.25) is 0 Å². The molecule has 3 rings (SSSR count). The zero-order valence-corrected chi connectivity index (χ0v) is 21.1. The minimum absolute atomic E-state index is 0.0757. The summed E-state index contributed by atoms with van der Waals surface area (Å²) in [5, 5.41) is 0.464. The van der Waals surface area contributed by atoms with Crippen LogP contribution in [0.4, 0.5) is 5.13 Å². The maximum atomic E-state index is 13.3. The Balaban J connectivity index is 1.93. The molecule has 10 heteroatoms. The highest BCUT2D eigenvalue weighted by atomic mass is 32.2. The molecule has 0 saturated heterocycles. The Morgan fingerprint density at radius 2 is 1.73 bits per heavy atom. The van der Waals surface area contributed by atoms with Crippen molar-refractivity contribution in [2.75, 3.05) is 52.1 Å². The van der Waals surface area contributed by atoms with Gasteiger partial charge in [0.1, 0.15) is 22.8 Å². The topological polar surface area (TPSA) is 89.0 Å². The standard InChI is InChI=1S/C23H29N3O5S2/c1-16-7-12-19(31-5)21-22(16)32-23(24-21)26(14-6-13-25(2)3)20(27)15-33(28,29)18-10-8-17(30-4)9-11-18/h7-12H,6,13-15H2,1-5H3. The second-order valence-corrected chi connectivity index (χ2v) is 10.9. The summed E-state index contributed by atoms with van der Waals surface area (Å²) in [5.41, 5.74) is 1.68. The van der Waals surface area contributed by atoms with Crippen LogP contribution in [0.15, 0.2) is 41.3 Å². The highest BCUT2D eigenvalue weighted by Crippen LogP contribution is 2.36. The summed E-state index contributed by atoms with van der Waals surface area (Å²) in [6.45, 7) is 3.08. The van der Waals surface area contributed by atoms with Gasteiger partial charge in [-0.25, -0.2) is 13.4 Å². The minimum Gasteiger partial charge on any atom is -0.497 e. The first kappa shape index (κ1) is 24.9. The summed E-state index contributed by atoms with van der Waals surface area (Å²) < 4.78 is 37.3. The first-order chi connectivity index (χ1) is 15.7. The van der Waals surface area contributed by atoms with Gasteiger partial charge in [-0.3, -0.25) is 9.69 Å². The third-order valence-corrected chi connectivity index (χ3v) is 7.99. The van der Waals surface area contributed by atoms with Gasteiger partial charge in [-0.05, 0) is 69.9 Å². The van der Waals surface area contributed by atoms with Gasteiger partial charge in [-0.2, -0.15) is 0 Å². The van der Waals surface area contributed by atoms with Gasteiger partial charge in [-0.1, -0.05) is 17.4 Å². The first-order valence-electron chi connectivity index (χ1n) is 10.4. The van der Waals surface area contributed by atoms with Gasteiger partial charge in [0, 0.05) is 6.54 Å². The molecule has 0 aliphatic heterocycles. The van der Waals surface area contributed by atoms with Crippen LogP contribution in [0.5, 0.6) is 11.5 Å². The van der Waals surface area contributed by atoms with E-state index in [9.17, 15) is 13.2 Å². The molecule has 1 amide bonds. The molecule has 0 aliphatic carbocycles. The maximum Gasteiger partial charge on any atom is 0.244 e. The lowest BCUT2D eigenvalue weighted by Crippen LogP contribution is -2.37. The van der Waals surface area contributed by atoms with E-state index in [1.807, 2.05) is 38.1 Å². The lowest BCUT2D eigenvalue weighted by molar-refractivity contribution is -0.116. The monoisotopic (exact) mass is 491 g/mol. The number of rotatable bonds is 10. The minimum atomic E-state index is -3.83. The molecule has 33 heavy (non-hydrogen) atoms. The number of fused-ring (bicyclic) bond motifs is 1. The smallest absolute Gasteiger partial charge is 0.244 e. The Morgan fingerprint density at radius 3 is 2.33 bits per heavy atom. The average molecular weight is 492 g/mol. The van der Waals surface area contributed by atoms with E-state index in [0.717, 1.165) is 16.8 Å². The van der Waals surface area contributed by atoms with Gasteiger partial charge in [0.2, 0.25) is 5.91 Å². The predicted octanol–water partition coefficient (Wildman–Crippen LogP) is 3.38. The van der Waals surface area contributed by atoms with E-state index in [1.54, 1.807) is 19.2 Å². The van der Waals surface area contributed by atoms with E-state index in [1.165, 1.54) is 35.5 Å². The zero-order chi connectivity index (χ0) is 24.2. The van der Waals surface area contributed by atoms with Crippen LogP contribution in [0.25, 0.3) is 10.2 Å². The molecule has 0 radical (unpaired) electrons. The van der Waals surface area contributed by atoms with Crippen molar-refractivity contribution in [3.05, 3.63) is 42.0 Å². The molecule has 0 fully saturated rings. The van der Waals surface area contributed by atoms with Crippen molar-refractivity contribution in [1.82, 2.24) is 9.88 Å². The molecule has 0 N–H and O–H groups in total. The first-order valence-corrected chi connectivity index (χ1v) is 12.9. The highest BCUT2D eigenvalue weighted by Gasteiger charge is 2.27. The maximum absolute atomic E-state index is 13.3. The van der Waals surface area contributed by atoms with Crippen molar-refractivity contribution in [3.8, 4) is 11.5 Å². The summed E-state index contributed by atoms with van der Waals surface area (Å²) in [7, 11) is 3.15. The van der Waals surface area contributed by atoms with Crippen LogP contribution in [0.1, 0.15) is 12.0 Å². The number of nitrogens with zero attached hydrogens (tertiary/aromatic N) is 3. The second kappa shape index (κ2) is 10.5. The molecular weight excluding hydrogens is 462 g/mol. The molecule has 1 aromatic heterocycles. The number of anilines is 1. The van der Waals surface area contributed by atoms with Gasteiger partial charge < -0.3 is 14.4 Å². The Kier molecular flexibility index (Phi) is 7.93. The molecule has 3 aromatic rings. The molecule has 2 aromatic carbocycles. The lowest BCUT2D eigenvalue weighted by Gasteiger charge is -2.21. The summed E-state index contributed by atoms with van der Waals surface area (Å²) in [6, 6.07) is 9.81. The van der Waals surface area contributed by atoms with Gasteiger partial charge in [-0.15, -0.1) is 0 Å². The van der Waals surface area contributed by atoms with Crippen molar-refractivity contribution < 1.29 is 22.7 Å². The molecule has 0 aliphatic rings. The van der Waals surface area contributed by atoms with E-state index < -0.39 is 21.5 Å². The Hall–Kier alpha value is -2.69. The van der Waals surface area contributed by atoms with E-state index >= 15 is 0 Å². The van der Waals surface area contributed by atoms with Crippen LogP contribution < -0.4 is 14.4 Å². The van der Waals surface area contributed by atoms with Gasteiger partial charge in [0.15, 0.2) is 15.0 Å². The Morgan fingerprint density at radius 1 is 1.03 bits per heavy atom. The van der Waals surface area contributed by atoms with Crippen molar-refractivity contribution in [2.24, 2.45) is 0 Å². The summed E-state index contributed by atoms with van der Waals surface area (Å²) in [4.78, 5) is 21.5. The molecule has 0 saturated carbocycles. The number of benzene rings is 2. The van der Waals surface area contributed by atoms with E-state index in [2.05, 4.69) is 4.98 Å². The van der Waals surface area contributed by atoms with Crippen molar-refractivity contribution >= 4 is 42.4 Å². The van der Waals surface area contributed by atoms with Crippen LogP contribution in [0, 0.1) is 6.92 Å². The molecule has 0 unspecified atom stereocenters. The van der Waals surface area contributed by atoms with Gasteiger partial charge >= 0.3 is 0 Å². The molecule has 8 nitrogen and oxygen atoms in total. The molecular formula is C23H29N3O5S2. The van der Waals surface area contributed by atoms with Crippen molar-refractivity contribution in [1.29, 1.82) is 0 Å². The summed E-state index contributed by atoms with van der Waals surface area (Å²) in [5.74, 6) is 0.00198. The Labute approximate surface area is 198 Å². The number of thiazole rings is 1. The number of amides is 1. The van der Waals surface area contributed by atoms with Crippen molar-refractivity contribution in [3.63, 3.8) is 0 Å². The predicted molar refractivity (Wildman–Crippen MR) is 131 cm³/mol. The number of methoxy groups -OCH3 is 2. The highest BCUT2D eigenvalue weighted by molar-refractivity contribution is 7.92. The number of carbonyl (C=O) groups excluding carboxylic acids is 1. The normalized spacial score (nSPS) is 11.7. The van der Waals surface area contributed by atoms with Gasteiger partial charge in [0.25, 0.3) is 0 Å².